The number of ether oxygens (including phenoxy) is 1. The smallest absolute Gasteiger partial charge is 0.0700 e. The summed E-state index contributed by atoms with van der Waals surface area (Å²) >= 11 is 0. The fraction of sp³-hybridized carbons (Fsp3) is 1.00. The lowest BCUT2D eigenvalue weighted by atomic mass is 10.2. The van der Waals surface area contributed by atoms with Crippen molar-refractivity contribution in [1.82, 2.24) is 10.6 Å². The fourth-order valence-electron chi connectivity index (χ4n) is 1.46. The van der Waals surface area contributed by atoms with Crippen LogP contribution in [0.3, 0.4) is 0 Å². The summed E-state index contributed by atoms with van der Waals surface area (Å²) in [6.45, 7) is 4.19. The first kappa shape index (κ1) is 9.96. The first-order valence-electron chi connectivity index (χ1n) is 4.90. The standard InChI is InChI=1S/C9H20N2O/c1-10-5-3-6-11-8-9-4-2-7-12-9/h9-11H,2-8H2,1H3/t9-/m0/s1. The van der Waals surface area contributed by atoms with Gasteiger partial charge >= 0.3 is 0 Å². The van der Waals surface area contributed by atoms with Gasteiger partial charge in [-0.1, -0.05) is 0 Å². The summed E-state index contributed by atoms with van der Waals surface area (Å²) in [5.41, 5.74) is 0. The van der Waals surface area contributed by atoms with Gasteiger partial charge in [0.2, 0.25) is 0 Å². The maximum absolute atomic E-state index is 5.48. The Hall–Kier alpha value is -0.120. The van der Waals surface area contributed by atoms with Crippen molar-refractivity contribution in [3.05, 3.63) is 0 Å². The van der Waals surface area contributed by atoms with Gasteiger partial charge in [-0.3, -0.25) is 0 Å². The Morgan fingerprint density at radius 2 is 2.33 bits per heavy atom. The number of nitrogens with one attached hydrogen (secondary N) is 2. The van der Waals surface area contributed by atoms with Crippen molar-refractivity contribution in [3.63, 3.8) is 0 Å². The molecular weight excluding hydrogens is 152 g/mol. The lowest BCUT2D eigenvalue weighted by molar-refractivity contribution is 0.110. The second-order valence-corrected chi connectivity index (χ2v) is 3.30. The highest BCUT2D eigenvalue weighted by Crippen LogP contribution is 2.10. The van der Waals surface area contributed by atoms with E-state index in [4.69, 9.17) is 4.74 Å². The van der Waals surface area contributed by atoms with E-state index >= 15 is 0 Å². The van der Waals surface area contributed by atoms with Gasteiger partial charge in [-0.25, -0.2) is 0 Å². The van der Waals surface area contributed by atoms with E-state index in [1.807, 2.05) is 7.05 Å². The zero-order valence-corrected chi connectivity index (χ0v) is 7.94. The van der Waals surface area contributed by atoms with Gasteiger partial charge < -0.3 is 15.4 Å². The van der Waals surface area contributed by atoms with Crippen molar-refractivity contribution in [2.24, 2.45) is 0 Å². The van der Waals surface area contributed by atoms with Crippen molar-refractivity contribution >= 4 is 0 Å². The van der Waals surface area contributed by atoms with Gasteiger partial charge in [0, 0.05) is 13.2 Å². The molecule has 0 spiro atoms. The molecule has 72 valence electrons. The molecule has 1 rings (SSSR count). The van der Waals surface area contributed by atoms with Crippen LogP contribution in [0.2, 0.25) is 0 Å². The Kier molecular flexibility index (Phi) is 5.32. The van der Waals surface area contributed by atoms with Gasteiger partial charge in [-0.2, -0.15) is 0 Å². The SMILES string of the molecule is CNCCCNC[C@@H]1CCCO1. The maximum atomic E-state index is 5.48. The molecule has 0 aromatic rings. The number of hydrogen-bond acceptors (Lipinski definition) is 3. The average molecular weight is 172 g/mol. The molecule has 0 aromatic heterocycles. The Balaban J connectivity index is 1.81. The van der Waals surface area contributed by atoms with E-state index in [1.165, 1.54) is 19.3 Å². The largest absolute Gasteiger partial charge is 0.377 e. The molecule has 3 nitrogen and oxygen atoms in total. The molecule has 0 bridgehead atoms. The van der Waals surface area contributed by atoms with E-state index < -0.39 is 0 Å². The number of rotatable bonds is 6. The van der Waals surface area contributed by atoms with Crippen molar-refractivity contribution in [3.8, 4) is 0 Å². The third kappa shape index (κ3) is 4.04. The fourth-order valence-corrected chi connectivity index (χ4v) is 1.46. The van der Waals surface area contributed by atoms with Crippen LogP contribution in [0.5, 0.6) is 0 Å². The van der Waals surface area contributed by atoms with E-state index in [2.05, 4.69) is 10.6 Å². The van der Waals surface area contributed by atoms with E-state index in [-0.39, 0.29) is 0 Å². The summed E-state index contributed by atoms with van der Waals surface area (Å²) in [7, 11) is 1.99. The molecule has 0 unspecified atom stereocenters. The monoisotopic (exact) mass is 172 g/mol. The molecule has 0 aliphatic carbocycles. The first-order valence-corrected chi connectivity index (χ1v) is 4.90. The van der Waals surface area contributed by atoms with Crippen LogP contribution in [0.4, 0.5) is 0 Å². The summed E-state index contributed by atoms with van der Waals surface area (Å²) in [5, 5.41) is 6.52. The van der Waals surface area contributed by atoms with Crippen molar-refractivity contribution in [2.75, 3.05) is 33.3 Å². The molecule has 1 aliphatic heterocycles. The Labute approximate surface area is 74.9 Å². The van der Waals surface area contributed by atoms with Gasteiger partial charge in [-0.05, 0) is 39.4 Å². The molecule has 0 saturated carbocycles. The molecule has 0 radical (unpaired) electrons. The predicted molar refractivity (Wildman–Crippen MR) is 50.4 cm³/mol. The Morgan fingerprint density at radius 1 is 1.42 bits per heavy atom. The number of hydrogen-bond donors (Lipinski definition) is 2. The second-order valence-electron chi connectivity index (χ2n) is 3.30. The van der Waals surface area contributed by atoms with Gasteiger partial charge in [0.25, 0.3) is 0 Å². The summed E-state index contributed by atoms with van der Waals surface area (Å²) in [4.78, 5) is 0. The van der Waals surface area contributed by atoms with Crippen molar-refractivity contribution < 1.29 is 4.74 Å². The minimum Gasteiger partial charge on any atom is -0.377 e. The molecule has 1 heterocycles. The van der Waals surface area contributed by atoms with Crippen LogP contribution in [0.1, 0.15) is 19.3 Å². The summed E-state index contributed by atoms with van der Waals surface area (Å²) in [6.07, 6.45) is 4.16. The molecule has 1 saturated heterocycles. The van der Waals surface area contributed by atoms with Crippen LogP contribution in [-0.4, -0.2) is 39.4 Å². The lowest BCUT2D eigenvalue weighted by Crippen LogP contribution is -2.28. The topological polar surface area (TPSA) is 33.3 Å². The van der Waals surface area contributed by atoms with E-state index in [9.17, 15) is 0 Å². The Bertz CT molecular complexity index is 103. The molecule has 1 aliphatic rings. The van der Waals surface area contributed by atoms with Gasteiger partial charge in [0.15, 0.2) is 0 Å². The van der Waals surface area contributed by atoms with Crippen LogP contribution in [-0.2, 0) is 4.74 Å². The maximum Gasteiger partial charge on any atom is 0.0700 e. The summed E-state index contributed by atoms with van der Waals surface area (Å²) in [6, 6.07) is 0. The highest BCUT2D eigenvalue weighted by atomic mass is 16.5. The van der Waals surface area contributed by atoms with Gasteiger partial charge in [-0.15, -0.1) is 0 Å². The molecular formula is C9H20N2O. The Morgan fingerprint density at radius 3 is 3.00 bits per heavy atom. The molecule has 3 heteroatoms. The predicted octanol–water partition coefficient (Wildman–Crippen LogP) is 0.365. The van der Waals surface area contributed by atoms with Crippen LogP contribution in [0, 0.1) is 0 Å². The van der Waals surface area contributed by atoms with E-state index in [0.717, 1.165) is 26.2 Å². The van der Waals surface area contributed by atoms with Crippen LogP contribution in [0.25, 0.3) is 0 Å². The average Bonchev–Trinajstić information content (AvgIpc) is 2.57. The molecule has 1 atom stereocenters. The first-order chi connectivity index (χ1) is 5.93. The van der Waals surface area contributed by atoms with Crippen LogP contribution >= 0.6 is 0 Å². The van der Waals surface area contributed by atoms with Crippen LogP contribution < -0.4 is 10.6 Å². The summed E-state index contributed by atoms with van der Waals surface area (Å²) in [5.74, 6) is 0. The van der Waals surface area contributed by atoms with E-state index in [0.29, 0.717) is 6.10 Å². The van der Waals surface area contributed by atoms with E-state index in [1.54, 1.807) is 0 Å². The third-order valence-electron chi connectivity index (χ3n) is 2.18. The van der Waals surface area contributed by atoms with Gasteiger partial charge in [0.05, 0.1) is 6.10 Å². The normalized spacial score (nSPS) is 23.2. The molecule has 0 amide bonds. The van der Waals surface area contributed by atoms with Crippen molar-refractivity contribution in [1.29, 1.82) is 0 Å². The van der Waals surface area contributed by atoms with Crippen molar-refractivity contribution in [2.45, 2.75) is 25.4 Å². The van der Waals surface area contributed by atoms with Gasteiger partial charge in [0.1, 0.15) is 0 Å². The molecule has 1 fully saturated rings. The van der Waals surface area contributed by atoms with Crippen LogP contribution in [0.15, 0.2) is 0 Å². The lowest BCUT2D eigenvalue weighted by Gasteiger charge is -2.09. The summed E-state index contributed by atoms with van der Waals surface area (Å²) < 4.78 is 5.48. The highest BCUT2D eigenvalue weighted by molar-refractivity contribution is 4.67. The second kappa shape index (κ2) is 6.40. The zero-order chi connectivity index (χ0) is 8.65. The zero-order valence-electron chi connectivity index (χ0n) is 7.94. The molecule has 12 heavy (non-hydrogen) atoms. The highest BCUT2D eigenvalue weighted by Gasteiger charge is 2.13. The quantitative estimate of drug-likeness (QED) is 0.568. The third-order valence-corrected chi connectivity index (χ3v) is 2.18. The minimum atomic E-state index is 0.486. The molecule has 0 aromatic carbocycles. The molecule has 2 N–H and O–H groups in total. The minimum absolute atomic E-state index is 0.486.